The summed E-state index contributed by atoms with van der Waals surface area (Å²) in [6, 6.07) is 4.60. The summed E-state index contributed by atoms with van der Waals surface area (Å²) in [7, 11) is 0. The topological polar surface area (TPSA) is 50.4 Å². The molecule has 3 rings (SSSR count). The molecule has 0 aromatic heterocycles. The first-order valence-corrected chi connectivity index (χ1v) is 7.20. The highest BCUT2D eigenvalue weighted by Gasteiger charge is 2.28. The molecule has 0 aliphatic carbocycles. The van der Waals surface area contributed by atoms with Crippen molar-refractivity contribution in [1.82, 2.24) is 10.6 Å². The first kappa shape index (κ1) is 13.4. The number of carbonyl (C=O) groups is 1. The molecule has 20 heavy (non-hydrogen) atoms. The number of fused-ring (bicyclic) bond motifs is 1. The highest BCUT2D eigenvalue weighted by molar-refractivity contribution is 5.82. The van der Waals surface area contributed by atoms with Crippen LogP contribution in [0.1, 0.15) is 37.3 Å². The number of halogens is 1. The standard InChI is InChI=1S/C15H19FN2O2/c16-11-5-1-4-10-12(7-3-9-20-14(10)11)18-15(19)13-6-2-8-17-13/h1,4-5,12-13,17H,2-3,6-9H2,(H,18,19)/t12-,13-/m0/s1. The Morgan fingerprint density at radius 1 is 1.35 bits per heavy atom. The molecule has 0 radical (unpaired) electrons. The molecule has 0 spiro atoms. The molecule has 2 aliphatic heterocycles. The van der Waals surface area contributed by atoms with Crippen LogP contribution in [0.15, 0.2) is 18.2 Å². The number of carbonyl (C=O) groups excluding carboxylic acids is 1. The van der Waals surface area contributed by atoms with E-state index >= 15 is 0 Å². The molecule has 1 saturated heterocycles. The third-order valence-electron chi connectivity index (χ3n) is 3.95. The number of benzene rings is 1. The van der Waals surface area contributed by atoms with Gasteiger partial charge in [-0.3, -0.25) is 4.79 Å². The average Bonchev–Trinajstić information content (AvgIpc) is 2.90. The largest absolute Gasteiger partial charge is 0.490 e. The van der Waals surface area contributed by atoms with E-state index in [0.717, 1.165) is 37.8 Å². The number of hydrogen-bond donors (Lipinski definition) is 2. The molecule has 1 fully saturated rings. The van der Waals surface area contributed by atoms with Crippen molar-refractivity contribution >= 4 is 5.91 Å². The summed E-state index contributed by atoms with van der Waals surface area (Å²) in [5.41, 5.74) is 0.744. The van der Waals surface area contributed by atoms with E-state index in [0.29, 0.717) is 6.61 Å². The normalized spacial score (nSPS) is 25.4. The minimum absolute atomic E-state index is 0.00427. The van der Waals surface area contributed by atoms with Crippen LogP contribution < -0.4 is 15.4 Å². The Bertz CT molecular complexity index is 501. The Hall–Kier alpha value is -1.62. The van der Waals surface area contributed by atoms with Gasteiger partial charge >= 0.3 is 0 Å². The molecule has 1 aromatic carbocycles. The second-order valence-electron chi connectivity index (χ2n) is 5.36. The molecule has 0 bridgehead atoms. The zero-order valence-electron chi connectivity index (χ0n) is 11.3. The van der Waals surface area contributed by atoms with E-state index in [4.69, 9.17) is 4.74 Å². The minimum Gasteiger partial charge on any atom is -0.490 e. The van der Waals surface area contributed by atoms with E-state index < -0.39 is 0 Å². The van der Waals surface area contributed by atoms with E-state index in [1.807, 2.05) is 6.07 Å². The maximum Gasteiger partial charge on any atom is 0.237 e. The van der Waals surface area contributed by atoms with E-state index in [1.165, 1.54) is 6.07 Å². The molecule has 0 unspecified atom stereocenters. The molecule has 108 valence electrons. The summed E-state index contributed by atoms with van der Waals surface area (Å²) in [6.07, 6.45) is 3.47. The van der Waals surface area contributed by atoms with Crippen molar-refractivity contribution in [3.05, 3.63) is 29.6 Å². The molecular formula is C15H19FN2O2. The van der Waals surface area contributed by atoms with E-state index in [1.54, 1.807) is 6.07 Å². The molecular weight excluding hydrogens is 259 g/mol. The molecule has 2 atom stereocenters. The minimum atomic E-state index is -0.359. The highest BCUT2D eigenvalue weighted by atomic mass is 19.1. The van der Waals surface area contributed by atoms with Crippen molar-refractivity contribution in [2.24, 2.45) is 0 Å². The quantitative estimate of drug-likeness (QED) is 0.869. The Kier molecular flexibility index (Phi) is 3.87. The van der Waals surface area contributed by atoms with Gasteiger partial charge in [-0.15, -0.1) is 0 Å². The molecule has 1 aromatic rings. The molecule has 1 amide bonds. The van der Waals surface area contributed by atoms with Gasteiger partial charge in [-0.1, -0.05) is 12.1 Å². The van der Waals surface area contributed by atoms with Gasteiger partial charge in [0.2, 0.25) is 5.91 Å². The van der Waals surface area contributed by atoms with E-state index in [-0.39, 0.29) is 29.6 Å². The van der Waals surface area contributed by atoms with Crippen LogP contribution in [0.2, 0.25) is 0 Å². The SMILES string of the molecule is O=C(N[C@H]1CCCOc2c(F)cccc21)[C@@H]1CCCN1. The van der Waals surface area contributed by atoms with Gasteiger partial charge in [-0.25, -0.2) is 4.39 Å². The van der Waals surface area contributed by atoms with Crippen LogP contribution >= 0.6 is 0 Å². The zero-order chi connectivity index (χ0) is 13.9. The van der Waals surface area contributed by atoms with Crippen LogP contribution in [0.5, 0.6) is 5.75 Å². The average molecular weight is 278 g/mol. The van der Waals surface area contributed by atoms with Gasteiger partial charge in [0, 0.05) is 5.56 Å². The number of para-hydroxylation sites is 1. The predicted molar refractivity (Wildman–Crippen MR) is 73.0 cm³/mol. The fourth-order valence-corrected chi connectivity index (χ4v) is 2.90. The maximum atomic E-state index is 13.8. The second kappa shape index (κ2) is 5.79. The van der Waals surface area contributed by atoms with Crippen molar-refractivity contribution in [1.29, 1.82) is 0 Å². The number of nitrogens with one attached hydrogen (secondary N) is 2. The second-order valence-corrected chi connectivity index (χ2v) is 5.36. The number of amides is 1. The van der Waals surface area contributed by atoms with Crippen LogP contribution in [-0.2, 0) is 4.79 Å². The van der Waals surface area contributed by atoms with Gasteiger partial charge in [-0.05, 0) is 38.3 Å². The first-order valence-electron chi connectivity index (χ1n) is 7.20. The summed E-state index contributed by atoms with van der Waals surface area (Å²) < 4.78 is 19.3. The summed E-state index contributed by atoms with van der Waals surface area (Å²) in [4.78, 5) is 12.2. The third kappa shape index (κ3) is 2.63. The molecule has 2 N–H and O–H groups in total. The number of hydrogen-bond acceptors (Lipinski definition) is 3. The lowest BCUT2D eigenvalue weighted by atomic mass is 10.0. The lowest BCUT2D eigenvalue weighted by Gasteiger charge is -2.20. The van der Waals surface area contributed by atoms with E-state index in [9.17, 15) is 9.18 Å². The van der Waals surface area contributed by atoms with Gasteiger partial charge < -0.3 is 15.4 Å². The summed E-state index contributed by atoms with van der Waals surface area (Å²) >= 11 is 0. The predicted octanol–water partition coefficient (Wildman–Crippen LogP) is 1.91. The smallest absolute Gasteiger partial charge is 0.237 e. The zero-order valence-corrected chi connectivity index (χ0v) is 11.3. The van der Waals surface area contributed by atoms with Crippen molar-refractivity contribution in [2.75, 3.05) is 13.2 Å². The lowest BCUT2D eigenvalue weighted by Crippen LogP contribution is -2.42. The summed E-state index contributed by atoms with van der Waals surface area (Å²) in [6.45, 7) is 1.37. The maximum absolute atomic E-state index is 13.8. The first-order chi connectivity index (χ1) is 9.75. The molecule has 2 aliphatic rings. The summed E-state index contributed by atoms with van der Waals surface area (Å²) in [5.74, 6) is -0.0677. The monoisotopic (exact) mass is 278 g/mol. The van der Waals surface area contributed by atoms with Crippen molar-refractivity contribution in [3.63, 3.8) is 0 Å². The molecule has 5 heteroatoms. The highest BCUT2D eigenvalue weighted by Crippen LogP contribution is 2.33. The Labute approximate surface area is 117 Å². The molecule has 2 heterocycles. The van der Waals surface area contributed by atoms with Crippen molar-refractivity contribution in [2.45, 2.75) is 37.8 Å². The molecule has 4 nitrogen and oxygen atoms in total. The number of rotatable bonds is 2. The van der Waals surface area contributed by atoms with Crippen LogP contribution in [0.25, 0.3) is 0 Å². The Morgan fingerprint density at radius 2 is 2.25 bits per heavy atom. The summed E-state index contributed by atoms with van der Waals surface area (Å²) in [5, 5.41) is 6.22. The Morgan fingerprint density at radius 3 is 3.05 bits per heavy atom. The lowest BCUT2D eigenvalue weighted by molar-refractivity contribution is -0.123. The van der Waals surface area contributed by atoms with Gasteiger partial charge in [-0.2, -0.15) is 0 Å². The van der Waals surface area contributed by atoms with Crippen molar-refractivity contribution in [3.8, 4) is 5.75 Å². The third-order valence-corrected chi connectivity index (χ3v) is 3.95. The Balaban J connectivity index is 1.79. The fraction of sp³-hybridized carbons (Fsp3) is 0.533. The van der Waals surface area contributed by atoms with Crippen LogP contribution in [0.3, 0.4) is 0 Å². The van der Waals surface area contributed by atoms with Gasteiger partial charge in [0.25, 0.3) is 0 Å². The van der Waals surface area contributed by atoms with Gasteiger partial charge in [0.15, 0.2) is 11.6 Å². The van der Waals surface area contributed by atoms with Crippen LogP contribution in [-0.4, -0.2) is 25.1 Å². The van der Waals surface area contributed by atoms with Crippen LogP contribution in [0.4, 0.5) is 4.39 Å². The number of ether oxygens (including phenoxy) is 1. The molecule has 0 saturated carbocycles. The van der Waals surface area contributed by atoms with E-state index in [2.05, 4.69) is 10.6 Å². The van der Waals surface area contributed by atoms with Crippen molar-refractivity contribution < 1.29 is 13.9 Å². The van der Waals surface area contributed by atoms with Gasteiger partial charge in [0.1, 0.15) is 0 Å². The van der Waals surface area contributed by atoms with Crippen LogP contribution in [0, 0.1) is 5.82 Å². The fourth-order valence-electron chi connectivity index (χ4n) is 2.90. The van der Waals surface area contributed by atoms with Gasteiger partial charge in [0.05, 0.1) is 18.7 Å².